The molecule has 0 aliphatic heterocycles. The number of ketones is 1. The molecule has 0 radical (unpaired) electrons. The predicted octanol–water partition coefficient (Wildman–Crippen LogP) is 2.96. The number of hydrogen-bond acceptors (Lipinski definition) is 3. The normalized spacial score (nSPS) is 13.8. The van der Waals surface area contributed by atoms with Crippen LogP contribution in [0.3, 0.4) is 0 Å². The van der Waals surface area contributed by atoms with Crippen LogP contribution >= 0.6 is 0 Å². The van der Waals surface area contributed by atoms with E-state index in [1.54, 1.807) is 12.1 Å². The standard InChI is InChI=1S/C18H19NO2/c19-11-16-14-9-5-4-8-13(14)10-15(18(16)21)17(20)12-6-2-1-3-7-12/h1-3,6-7,10,21H,4-5,8-9,11,19H2. The molecule has 3 rings (SSSR count). The molecule has 2 aromatic carbocycles. The van der Waals surface area contributed by atoms with Gasteiger partial charge in [0.15, 0.2) is 5.78 Å². The van der Waals surface area contributed by atoms with Crippen LogP contribution in [0.1, 0.15) is 45.5 Å². The lowest BCUT2D eigenvalue weighted by molar-refractivity contribution is 0.103. The highest BCUT2D eigenvalue weighted by Crippen LogP contribution is 2.34. The second-order valence-electron chi connectivity index (χ2n) is 5.50. The molecular formula is C18H19NO2. The van der Waals surface area contributed by atoms with Crippen LogP contribution in [0, 0.1) is 0 Å². The summed E-state index contributed by atoms with van der Waals surface area (Å²) in [6.07, 6.45) is 4.14. The molecule has 0 saturated carbocycles. The van der Waals surface area contributed by atoms with E-state index in [0.29, 0.717) is 11.1 Å². The number of aromatic hydroxyl groups is 1. The van der Waals surface area contributed by atoms with Crippen LogP contribution in [-0.2, 0) is 19.4 Å². The summed E-state index contributed by atoms with van der Waals surface area (Å²) in [5, 5.41) is 10.5. The molecule has 0 aromatic heterocycles. The molecule has 0 heterocycles. The van der Waals surface area contributed by atoms with Gasteiger partial charge in [-0.1, -0.05) is 30.3 Å². The van der Waals surface area contributed by atoms with E-state index in [4.69, 9.17) is 5.73 Å². The number of carbonyl (C=O) groups excluding carboxylic acids is 1. The Morgan fingerprint density at radius 1 is 1.14 bits per heavy atom. The van der Waals surface area contributed by atoms with Crippen molar-refractivity contribution in [2.45, 2.75) is 32.2 Å². The second kappa shape index (κ2) is 5.70. The first-order chi connectivity index (χ1) is 10.2. The summed E-state index contributed by atoms with van der Waals surface area (Å²) in [7, 11) is 0. The van der Waals surface area contributed by atoms with Crippen molar-refractivity contribution in [2.75, 3.05) is 0 Å². The van der Waals surface area contributed by atoms with Crippen molar-refractivity contribution >= 4 is 5.78 Å². The maximum Gasteiger partial charge on any atom is 0.196 e. The van der Waals surface area contributed by atoms with Gasteiger partial charge in [0.05, 0.1) is 5.56 Å². The summed E-state index contributed by atoms with van der Waals surface area (Å²) in [5.41, 5.74) is 9.83. The van der Waals surface area contributed by atoms with Crippen molar-refractivity contribution in [1.29, 1.82) is 0 Å². The predicted molar refractivity (Wildman–Crippen MR) is 82.5 cm³/mol. The minimum absolute atomic E-state index is 0.0620. The van der Waals surface area contributed by atoms with Crippen molar-refractivity contribution < 1.29 is 9.90 Å². The molecule has 0 fully saturated rings. The number of carbonyl (C=O) groups is 1. The molecule has 21 heavy (non-hydrogen) atoms. The molecule has 0 spiro atoms. The summed E-state index contributed by atoms with van der Waals surface area (Å²) in [6, 6.07) is 10.9. The van der Waals surface area contributed by atoms with Crippen molar-refractivity contribution in [3.63, 3.8) is 0 Å². The Bertz CT molecular complexity index is 677. The van der Waals surface area contributed by atoms with Crippen molar-refractivity contribution in [2.24, 2.45) is 5.73 Å². The van der Waals surface area contributed by atoms with Gasteiger partial charge in [0, 0.05) is 17.7 Å². The first-order valence-corrected chi connectivity index (χ1v) is 7.38. The lowest BCUT2D eigenvalue weighted by Crippen LogP contribution is -2.13. The third-order valence-corrected chi connectivity index (χ3v) is 4.22. The van der Waals surface area contributed by atoms with Crippen LogP contribution < -0.4 is 5.73 Å². The Hall–Kier alpha value is -2.13. The molecule has 0 atom stereocenters. The molecule has 0 unspecified atom stereocenters. The Kier molecular flexibility index (Phi) is 3.76. The number of benzene rings is 2. The van der Waals surface area contributed by atoms with Gasteiger partial charge in [-0.2, -0.15) is 0 Å². The number of hydrogen-bond donors (Lipinski definition) is 2. The van der Waals surface area contributed by atoms with Gasteiger partial charge in [-0.05, 0) is 42.9 Å². The monoisotopic (exact) mass is 281 g/mol. The van der Waals surface area contributed by atoms with Crippen LogP contribution in [-0.4, -0.2) is 10.9 Å². The lowest BCUT2D eigenvalue weighted by atomic mass is 9.84. The number of phenolic OH excluding ortho intramolecular Hbond substituents is 1. The zero-order valence-electron chi connectivity index (χ0n) is 11.9. The highest BCUT2D eigenvalue weighted by atomic mass is 16.3. The molecule has 0 bridgehead atoms. The molecule has 3 nitrogen and oxygen atoms in total. The van der Waals surface area contributed by atoms with Gasteiger partial charge in [-0.15, -0.1) is 0 Å². The molecule has 3 heteroatoms. The van der Waals surface area contributed by atoms with E-state index in [-0.39, 0.29) is 18.1 Å². The van der Waals surface area contributed by atoms with Gasteiger partial charge >= 0.3 is 0 Å². The van der Waals surface area contributed by atoms with Crippen LogP contribution in [0.2, 0.25) is 0 Å². The number of nitrogens with two attached hydrogens (primary N) is 1. The van der Waals surface area contributed by atoms with E-state index in [0.717, 1.165) is 36.8 Å². The van der Waals surface area contributed by atoms with Crippen molar-refractivity contribution in [1.82, 2.24) is 0 Å². The average molecular weight is 281 g/mol. The Labute approximate surface area is 124 Å². The number of rotatable bonds is 3. The second-order valence-corrected chi connectivity index (χ2v) is 5.50. The first kappa shape index (κ1) is 13.8. The van der Waals surface area contributed by atoms with E-state index in [9.17, 15) is 9.90 Å². The fraction of sp³-hybridized carbons (Fsp3) is 0.278. The minimum atomic E-state index is -0.142. The first-order valence-electron chi connectivity index (χ1n) is 7.38. The number of fused-ring (bicyclic) bond motifs is 1. The fourth-order valence-electron chi connectivity index (χ4n) is 3.12. The molecular weight excluding hydrogens is 262 g/mol. The molecule has 1 aliphatic rings. The van der Waals surface area contributed by atoms with E-state index in [1.807, 2.05) is 24.3 Å². The highest BCUT2D eigenvalue weighted by Gasteiger charge is 2.22. The third-order valence-electron chi connectivity index (χ3n) is 4.22. The zero-order valence-corrected chi connectivity index (χ0v) is 11.9. The molecule has 3 N–H and O–H groups in total. The summed E-state index contributed by atoms with van der Waals surface area (Å²) in [6.45, 7) is 0.268. The maximum absolute atomic E-state index is 12.6. The van der Waals surface area contributed by atoms with Gasteiger partial charge in [0.1, 0.15) is 5.75 Å². The van der Waals surface area contributed by atoms with E-state index >= 15 is 0 Å². The van der Waals surface area contributed by atoms with E-state index in [2.05, 4.69) is 0 Å². The van der Waals surface area contributed by atoms with Crippen LogP contribution in [0.15, 0.2) is 36.4 Å². The Morgan fingerprint density at radius 2 is 1.86 bits per heavy atom. The topological polar surface area (TPSA) is 63.3 Å². The van der Waals surface area contributed by atoms with Crippen molar-refractivity contribution in [3.05, 3.63) is 64.2 Å². The quantitative estimate of drug-likeness (QED) is 0.850. The number of phenols is 1. The molecule has 0 saturated heterocycles. The van der Waals surface area contributed by atoms with E-state index < -0.39 is 0 Å². The van der Waals surface area contributed by atoms with Crippen LogP contribution in [0.5, 0.6) is 5.75 Å². The van der Waals surface area contributed by atoms with Crippen LogP contribution in [0.25, 0.3) is 0 Å². The summed E-state index contributed by atoms with van der Waals surface area (Å²) >= 11 is 0. The smallest absolute Gasteiger partial charge is 0.196 e. The summed E-state index contributed by atoms with van der Waals surface area (Å²) in [5.74, 6) is -0.0804. The Morgan fingerprint density at radius 3 is 2.57 bits per heavy atom. The average Bonchev–Trinajstić information content (AvgIpc) is 2.54. The van der Waals surface area contributed by atoms with Gasteiger partial charge in [-0.25, -0.2) is 0 Å². The lowest BCUT2D eigenvalue weighted by Gasteiger charge is -2.21. The van der Waals surface area contributed by atoms with Crippen molar-refractivity contribution in [3.8, 4) is 5.75 Å². The minimum Gasteiger partial charge on any atom is -0.507 e. The zero-order chi connectivity index (χ0) is 14.8. The highest BCUT2D eigenvalue weighted by molar-refractivity contribution is 6.11. The maximum atomic E-state index is 12.6. The van der Waals surface area contributed by atoms with E-state index in [1.165, 1.54) is 5.56 Å². The SMILES string of the molecule is NCc1c(O)c(C(=O)c2ccccc2)cc2c1CCCC2. The molecule has 108 valence electrons. The van der Waals surface area contributed by atoms with Gasteiger partial charge in [-0.3, -0.25) is 4.79 Å². The van der Waals surface area contributed by atoms with Gasteiger partial charge in [0.2, 0.25) is 0 Å². The Balaban J connectivity index is 2.13. The molecule has 1 aliphatic carbocycles. The van der Waals surface area contributed by atoms with Gasteiger partial charge in [0.25, 0.3) is 0 Å². The molecule has 0 amide bonds. The largest absolute Gasteiger partial charge is 0.507 e. The van der Waals surface area contributed by atoms with Crippen LogP contribution in [0.4, 0.5) is 0 Å². The number of aryl methyl sites for hydroxylation is 1. The fourth-order valence-corrected chi connectivity index (χ4v) is 3.12. The summed E-state index contributed by atoms with van der Waals surface area (Å²) < 4.78 is 0. The summed E-state index contributed by atoms with van der Waals surface area (Å²) in [4.78, 5) is 12.6. The van der Waals surface area contributed by atoms with Gasteiger partial charge < -0.3 is 10.8 Å². The third kappa shape index (κ3) is 2.45. The molecule has 2 aromatic rings.